The third-order valence-corrected chi connectivity index (χ3v) is 3.84. The standard InChI is InChI=1S/C16H21N7O2/c1-3-22(4-2)9-10-24-14-8-6-5-7-13(14)16-18-15(25-19-16)11-23-12-17-20-21-23/h5-8,12H,3-4,9-11H2,1-2H3. The molecule has 0 radical (unpaired) electrons. The first-order valence-electron chi connectivity index (χ1n) is 8.28. The molecular weight excluding hydrogens is 322 g/mol. The largest absolute Gasteiger partial charge is 0.491 e. The third-order valence-electron chi connectivity index (χ3n) is 3.84. The van der Waals surface area contributed by atoms with Gasteiger partial charge in [0.1, 0.15) is 25.2 Å². The lowest BCUT2D eigenvalue weighted by molar-refractivity contribution is 0.223. The van der Waals surface area contributed by atoms with E-state index in [0.717, 1.165) is 30.9 Å². The van der Waals surface area contributed by atoms with Crippen LogP contribution < -0.4 is 4.74 Å². The van der Waals surface area contributed by atoms with E-state index in [2.05, 4.69) is 44.4 Å². The molecule has 0 aliphatic heterocycles. The second kappa shape index (κ2) is 8.34. The monoisotopic (exact) mass is 343 g/mol. The molecule has 3 rings (SSSR count). The molecule has 0 fully saturated rings. The molecule has 2 heterocycles. The fourth-order valence-electron chi connectivity index (χ4n) is 2.42. The van der Waals surface area contributed by atoms with E-state index in [9.17, 15) is 0 Å². The van der Waals surface area contributed by atoms with E-state index in [1.54, 1.807) is 0 Å². The summed E-state index contributed by atoms with van der Waals surface area (Å²) in [5, 5.41) is 15.0. The molecule has 3 aromatic rings. The molecule has 9 nitrogen and oxygen atoms in total. The number of hydrogen-bond donors (Lipinski definition) is 0. The van der Waals surface area contributed by atoms with Crippen molar-refractivity contribution in [1.82, 2.24) is 35.2 Å². The first-order valence-corrected chi connectivity index (χ1v) is 8.28. The molecule has 0 N–H and O–H groups in total. The maximum atomic E-state index is 5.94. The van der Waals surface area contributed by atoms with Crippen LogP contribution in [0.2, 0.25) is 0 Å². The Morgan fingerprint density at radius 3 is 2.80 bits per heavy atom. The number of hydrogen-bond acceptors (Lipinski definition) is 8. The molecule has 9 heteroatoms. The van der Waals surface area contributed by atoms with Crippen LogP contribution in [0.4, 0.5) is 0 Å². The Balaban J connectivity index is 1.69. The fraction of sp³-hybridized carbons (Fsp3) is 0.438. The third kappa shape index (κ3) is 4.38. The van der Waals surface area contributed by atoms with Crippen LogP contribution in [0.5, 0.6) is 5.75 Å². The molecule has 1 aromatic carbocycles. The Bertz CT molecular complexity index is 768. The minimum atomic E-state index is 0.324. The Hall–Kier alpha value is -2.81. The molecule has 0 bridgehead atoms. The number of ether oxygens (including phenoxy) is 1. The minimum Gasteiger partial charge on any atom is -0.491 e. The average Bonchev–Trinajstić information content (AvgIpc) is 3.32. The van der Waals surface area contributed by atoms with Crippen molar-refractivity contribution in [3.63, 3.8) is 0 Å². The van der Waals surface area contributed by atoms with Crippen molar-refractivity contribution in [3.05, 3.63) is 36.5 Å². The fourth-order valence-corrected chi connectivity index (χ4v) is 2.42. The van der Waals surface area contributed by atoms with E-state index in [0.29, 0.717) is 24.9 Å². The van der Waals surface area contributed by atoms with Gasteiger partial charge in [0, 0.05) is 6.54 Å². The summed E-state index contributed by atoms with van der Waals surface area (Å²) in [5.41, 5.74) is 0.800. The summed E-state index contributed by atoms with van der Waals surface area (Å²) in [6, 6.07) is 7.68. The molecule has 0 aliphatic carbocycles. The number of benzene rings is 1. The van der Waals surface area contributed by atoms with Crippen molar-refractivity contribution < 1.29 is 9.26 Å². The van der Waals surface area contributed by atoms with Crippen molar-refractivity contribution in [3.8, 4) is 17.1 Å². The maximum absolute atomic E-state index is 5.94. The lowest BCUT2D eigenvalue weighted by Gasteiger charge is -2.18. The van der Waals surface area contributed by atoms with E-state index >= 15 is 0 Å². The summed E-state index contributed by atoms with van der Waals surface area (Å²) in [6.45, 7) is 8.10. The Morgan fingerprint density at radius 1 is 1.20 bits per heavy atom. The summed E-state index contributed by atoms with van der Waals surface area (Å²) in [7, 11) is 0. The number of likely N-dealkylation sites (N-methyl/N-ethyl adjacent to an activating group) is 1. The molecule has 0 aliphatic rings. The van der Waals surface area contributed by atoms with Crippen molar-refractivity contribution in [2.24, 2.45) is 0 Å². The van der Waals surface area contributed by atoms with Crippen molar-refractivity contribution in [2.45, 2.75) is 20.4 Å². The highest BCUT2D eigenvalue weighted by molar-refractivity contribution is 5.63. The number of aromatic nitrogens is 6. The highest BCUT2D eigenvalue weighted by atomic mass is 16.5. The van der Waals surface area contributed by atoms with Gasteiger partial charge in [-0.05, 0) is 35.6 Å². The Morgan fingerprint density at radius 2 is 2.04 bits per heavy atom. The Labute approximate surface area is 145 Å². The highest BCUT2D eigenvalue weighted by Gasteiger charge is 2.14. The topological polar surface area (TPSA) is 95.0 Å². The normalized spacial score (nSPS) is 11.2. The molecular formula is C16H21N7O2. The minimum absolute atomic E-state index is 0.324. The van der Waals surface area contributed by atoms with E-state index in [4.69, 9.17) is 9.26 Å². The smallest absolute Gasteiger partial charge is 0.248 e. The van der Waals surface area contributed by atoms with Gasteiger partial charge in [0.25, 0.3) is 0 Å². The van der Waals surface area contributed by atoms with Gasteiger partial charge in [-0.3, -0.25) is 0 Å². The highest BCUT2D eigenvalue weighted by Crippen LogP contribution is 2.27. The first-order chi connectivity index (χ1) is 12.3. The molecule has 132 valence electrons. The SMILES string of the molecule is CCN(CC)CCOc1ccccc1-c1noc(Cn2cnnn2)n1. The summed E-state index contributed by atoms with van der Waals surface area (Å²) in [5.74, 6) is 1.66. The van der Waals surface area contributed by atoms with Crippen LogP contribution in [0.15, 0.2) is 35.1 Å². The van der Waals surface area contributed by atoms with Gasteiger partial charge in [0.05, 0.1) is 5.56 Å². The molecule has 0 saturated heterocycles. The lowest BCUT2D eigenvalue weighted by Crippen LogP contribution is -2.27. The zero-order valence-corrected chi connectivity index (χ0v) is 14.4. The van der Waals surface area contributed by atoms with Gasteiger partial charge in [-0.2, -0.15) is 4.98 Å². The summed E-state index contributed by atoms with van der Waals surface area (Å²) >= 11 is 0. The van der Waals surface area contributed by atoms with Crippen LogP contribution in [0.3, 0.4) is 0 Å². The maximum Gasteiger partial charge on any atom is 0.248 e. The first kappa shape index (κ1) is 17.0. The van der Waals surface area contributed by atoms with Gasteiger partial charge in [0.2, 0.25) is 11.7 Å². The number of nitrogens with zero attached hydrogens (tertiary/aromatic N) is 7. The zero-order valence-electron chi connectivity index (χ0n) is 14.4. The predicted octanol–water partition coefficient (Wildman–Crippen LogP) is 1.49. The van der Waals surface area contributed by atoms with E-state index in [-0.39, 0.29) is 0 Å². The van der Waals surface area contributed by atoms with Gasteiger partial charge >= 0.3 is 0 Å². The number of tetrazole rings is 1. The molecule has 0 atom stereocenters. The van der Waals surface area contributed by atoms with Crippen LogP contribution in [-0.4, -0.2) is 61.5 Å². The number of para-hydroxylation sites is 1. The number of rotatable bonds is 9. The van der Waals surface area contributed by atoms with E-state index in [1.807, 2.05) is 24.3 Å². The van der Waals surface area contributed by atoms with Crippen LogP contribution in [0, 0.1) is 0 Å². The van der Waals surface area contributed by atoms with Gasteiger partial charge in [0.15, 0.2) is 0 Å². The molecule has 2 aromatic heterocycles. The van der Waals surface area contributed by atoms with Crippen LogP contribution in [-0.2, 0) is 6.54 Å². The van der Waals surface area contributed by atoms with Crippen molar-refractivity contribution in [1.29, 1.82) is 0 Å². The average molecular weight is 343 g/mol. The van der Waals surface area contributed by atoms with Crippen LogP contribution in [0.25, 0.3) is 11.4 Å². The van der Waals surface area contributed by atoms with Crippen molar-refractivity contribution >= 4 is 0 Å². The summed E-state index contributed by atoms with van der Waals surface area (Å²) in [4.78, 5) is 6.71. The van der Waals surface area contributed by atoms with E-state index in [1.165, 1.54) is 11.0 Å². The lowest BCUT2D eigenvalue weighted by atomic mass is 10.2. The molecule has 25 heavy (non-hydrogen) atoms. The van der Waals surface area contributed by atoms with Gasteiger partial charge in [-0.1, -0.05) is 31.1 Å². The van der Waals surface area contributed by atoms with Crippen LogP contribution >= 0.6 is 0 Å². The summed E-state index contributed by atoms with van der Waals surface area (Å²) < 4.78 is 12.7. The van der Waals surface area contributed by atoms with E-state index < -0.39 is 0 Å². The Kier molecular flexibility index (Phi) is 5.68. The molecule has 0 spiro atoms. The van der Waals surface area contributed by atoms with Crippen LogP contribution in [0.1, 0.15) is 19.7 Å². The van der Waals surface area contributed by atoms with Crippen molar-refractivity contribution in [2.75, 3.05) is 26.2 Å². The van der Waals surface area contributed by atoms with Gasteiger partial charge in [-0.25, -0.2) is 4.68 Å². The predicted molar refractivity (Wildman–Crippen MR) is 89.9 cm³/mol. The summed E-state index contributed by atoms with van der Waals surface area (Å²) in [6.07, 6.45) is 1.49. The molecule has 0 saturated carbocycles. The second-order valence-electron chi connectivity index (χ2n) is 5.39. The second-order valence-corrected chi connectivity index (χ2v) is 5.39. The zero-order chi connectivity index (χ0) is 17.5. The van der Waals surface area contributed by atoms with Gasteiger partial charge in [-0.15, -0.1) is 5.10 Å². The molecule has 0 unspecified atom stereocenters. The van der Waals surface area contributed by atoms with Gasteiger partial charge < -0.3 is 14.2 Å². The molecule has 0 amide bonds. The quantitative estimate of drug-likeness (QED) is 0.577.